The van der Waals surface area contributed by atoms with Crippen molar-refractivity contribution >= 4 is 5.69 Å². The first kappa shape index (κ1) is 12.6. The van der Waals surface area contributed by atoms with Gasteiger partial charge in [0, 0.05) is 18.7 Å². The largest absolute Gasteiger partial charge is 0.304 e. The molecule has 0 aromatic heterocycles. The molecule has 88 valence electrons. The lowest BCUT2D eigenvalue weighted by Crippen LogP contribution is -2.25. The quantitative estimate of drug-likeness (QED) is 0.548. The number of hydrogen-bond donors (Lipinski definition) is 0. The molecule has 1 aromatic rings. The molecule has 0 saturated heterocycles. The van der Waals surface area contributed by atoms with Crippen LogP contribution in [0.15, 0.2) is 24.3 Å². The van der Waals surface area contributed by atoms with Crippen LogP contribution in [-0.4, -0.2) is 29.5 Å². The van der Waals surface area contributed by atoms with Crippen LogP contribution in [0.5, 0.6) is 0 Å². The Morgan fingerprint density at radius 2 is 2.00 bits per heavy atom. The maximum Gasteiger partial charge on any atom is 0.269 e. The first-order valence-corrected chi connectivity index (χ1v) is 5.63. The Labute approximate surface area is 96.0 Å². The Balaban J connectivity index is 2.60. The predicted molar refractivity (Wildman–Crippen MR) is 64.6 cm³/mol. The third-order valence-corrected chi connectivity index (χ3v) is 2.73. The van der Waals surface area contributed by atoms with Gasteiger partial charge in [0.2, 0.25) is 0 Å². The van der Waals surface area contributed by atoms with Gasteiger partial charge in [-0.3, -0.25) is 10.1 Å². The van der Waals surface area contributed by atoms with Crippen LogP contribution in [0.2, 0.25) is 0 Å². The van der Waals surface area contributed by atoms with E-state index in [0.717, 1.165) is 31.6 Å². The van der Waals surface area contributed by atoms with E-state index < -0.39 is 0 Å². The number of hydrogen-bond acceptors (Lipinski definition) is 3. The first-order valence-electron chi connectivity index (χ1n) is 5.63. The molecular formula is C12H18N2O2. The van der Waals surface area contributed by atoms with Gasteiger partial charge in [-0.15, -0.1) is 0 Å². The zero-order chi connectivity index (χ0) is 12.0. The highest BCUT2D eigenvalue weighted by Crippen LogP contribution is 2.13. The van der Waals surface area contributed by atoms with Crippen molar-refractivity contribution < 1.29 is 4.92 Å². The van der Waals surface area contributed by atoms with Gasteiger partial charge in [-0.1, -0.05) is 26.0 Å². The van der Waals surface area contributed by atoms with Gasteiger partial charge in [0.15, 0.2) is 0 Å². The Morgan fingerprint density at radius 3 is 2.56 bits per heavy atom. The van der Waals surface area contributed by atoms with E-state index >= 15 is 0 Å². The zero-order valence-electron chi connectivity index (χ0n) is 9.85. The Morgan fingerprint density at radius 1 is 1.31 bits per heavy atom. The second-order valence-electron chi connectivity index (χ2n) is 3.70. The van der Waals surface area contributed by atoms with Crippen LogP contribution in [0.3, 0.4) is 0 Å². The molecule has 4 nitrogen and oxygen atoms in total. The second kappa shape index (κ2) is 6.23. The van der Waals surface area contributed by atoms with Crippen LogP contribution in [0.25, 0.3) is 0 Å². The highest BCUT2D eigenvalue weighted by Gasteiger charge is 2.06. The highest BCUT2D eigenvalue weighted by molar-refractivity contribution is 5.34. The van der Waals surface area contributed by atoms with Crippen LogP contribution in [-0.2, 0) is 6.42 Å². The molecule has 0 aliphatic rings. The molecule has 1 aromatic carbocycles. The van der Waals surface area contributed by atoms with Gasteiger partial charge < -0.3 is 4.90 Å². The fraction of sp³-hybridized carbons (Fsp3) is 0.500. The lowest BCUT2D eigenvalue weighted by Gasteiger charge is -2.17. The van der Waals surface area contributed by atoms with Crippen molar-refractivity contribution in [2.45, 2.75) is 20.3 Å². The molecule has 0 saturated carbocycles. The van der Waals surface area contributed by atoms with Gasteiger partial charge in [-0.25, -0.2) is 0 Å². The molecule has 4 heteroatoms. The molecule has 0 N–H and O–H groups in total. The summed E-state index contributed by atoms with van der Waals surface area (Å²) in [6.07, 6.45) is 0.864. The molecule has 0 unspecified atom stereocenters. The fourth-order valence-corrected chi connectivity index (χ4v) is 1.65. The Bertz CT molecular complexity index is 349. The van der Waals surface area contributed by atoms with Crippen LogP contribution >= 0.6 is 0 Å². The van der Waals surface area contributed by atoms with Crippen molar-refractivity contribution in [3.05, 3.63) is 39.9 Å². The van der Waals surface area contributed by atoms with Gasteiger partial charge in [-0.05, 0) is 25.1 Å². The second-order valence-corrected chi connectivity index (χ2v) is 3.70. The van der Waals surface area contributed by atoms with E-state index in [1.165, 1.54) is 6.07 Å². The summed E-state index contributed by atoms with van der Waals surface area (Å²) in [5, 5.41) is 10.6. The van der Waals surface area contributed by atoms with Crippen molar-refractivity contribution in [3.8, 4) is 0 Å². The molecule has 0 atom stereocenters. The lowest BCUT2D eigenvalue weighted by molar-refractivity contribution is -0.384. The van der Waals surface area contributed by atoms with E-state index in [1.807, 2.05) is 6.07 Å². The van der Waals surface area contributed by atoms with Gasteiger partial charge in [0.25, 0.3) is 5.69 Å². The zero-order valence-corrected chi connectivity index (χ0v) is 9.85. The highest BCUT2D eigenvalue weighted by atomic mass is 16.6. The molecule has 0 heterocycles. The minimum Gasteiger partial charge on any atom is -0.304 e. The molecule has 0 aliphatic carbocycles. The van der Waals surface area contributed by atoms with Crippen LogP contribution in [0, 0.1) is 10.1 Å². The summed E-state index contributed by atoms with van der Waals surface area (Å²) in [7, 11) is 0. The average molecular weight is 222 g/mol. The molecule has 0 spiro atoms. The van der Waals surface area contributed by atoms with Crippen LogP contribution in [0.1, 0.15) is 19.4 Å². The van der Waals surface area contributed by atoms with Gasteiger partial charge in [0.1, 0.15) is 0 Å². The number of non-ortho nitro benzene ring substituents is 1. The lowest BCUT2D eigenvalue weighted by atomic mass is 10.1. The minimum atomic E-state index is -0.346. The number of rotatable bonds is 6. The Hall–Kier alpha value is -1.42. The average Bonchev–Trinajstić information content (AvgIpc) is 2.31. The molecule has 0 radical (unpaired) electrons. The summed E-state index contributed by atoms with van der Waals surface area (Å²) < 4.78 is 0. The van der Waals surface area contributed by atoms with Crippen molar-refractivity contribution in [1.82, 2.24) is 4.90 Å². The topological polar surface area (TPSA) is 46.4 Å². The van der Waals surface area contributed by atoms with Gasteiger partial charge in [-0.2, -0.15) is 0 Å². The van der Waals surface area contributed by atoms with Crippen molar-refractivity contribution in [2.75, 3.05) is 19.6 Å². The minimum absolute atomic E-state index is 0.178. The number of benzene rings is 1. The predicted octanol–water partition coefficient (Wildman–Crippen LogP) is 2.48. The monoisotopic (exact) mass is 222 g/mol. The summed E-state index contributed by atoms with van der Waals surface area (Å²) in [5.41, 5.74) is 1.21. The summed E-state index contributed by atoms with van der Waals surface area (Å²) >= 11 is 0. The van der Waals surface area contributed by atoms with E-state index in [1.54, 1.807) is 12.1 Å². The van der Waals surface area contributed by atoms with E-state index in [4.69, 9.17) is 0 Å². The molecule has 1 rings (SSSR count). The summed E-state index contributed by atoms with van der Waals surface area (Å²) in [4.78, 5) is 12.6. The van der Waals surface area contributed by atoms with E-state index in [9.17, 15) is 10.1 Å². The fourth-order valence-electron chi connectivity index (χ4n) is 1.65. The number of nitro groups is 1. The first-order chi connectivity index (χ1) is 7.67. The SMILES string of the molecule is CCN(CC)CCc1cccc([N+](=O)[O-])c1. The third-order valence-electron chi connectivity index (χ3n) is 2.73. The Kier molecular flexibility index (Phi) is 4.92. The summed E-state index contributed by atoms with van der Waals surface area (Å²) in [6.45, 7) is 7.24. The molecule has 0 amide bonds. The smallest absolute Gasteiger partial charge is 0.269 e. The number of nitro benzene ring substituents is 1. The summed E-state index contributed by atoms with van der Waals surface area (Å²) in [5.74, 6) is 0. The molecule has 0 aliphatic heterocycles. The standard InChI is InChI=1S/C12H18N2O2/c1-3-13(4-2)9-8-11-6-5-7-12(10-11)14(15)16/h5-7,10H,3-4,8-9H2,1-2H3. The van der Waals surface area contributed by atoms with E-state index in [-0.39, 0.29) is 10.6 Å². The maximum atomic E-state index is 10.6. The molecule has 16 heavy (non-hydrogen) atoms. The van der Waals surface area contributed by atoms with E-state index in [2.05, 4.69) is 18.7 Å². The van der Waals surface area contributed by atoms with Crippen LogP contribution < -0.4 is 0 Å². The summed E-state index contributed by atoms with van der Waals surface area (Å²) in [6, 6.07) is 6.87. The van der Waals surface area contributed by atoms with Gasteiger partial charge >= 0.3 is 0 Å². The molecular weight excluding hydrogens is 204 g/mol. The van der Waals surface area contributed by atoms with Crippen LogP contribution in [0.4, 0.5) is 5.69 Å². The van der Waals surface area contributed by atoms with E-state index in [0.29, 0.717) is 0 Å². The van der Waals surface area contributed by atoms with Crippen molar-refractivity contribution in [2.24, 2.45) is 0 Å². The number of likely N-dealkylation sites (N-methyl/N-ethyl adjacent to an activating group) is 1. The third kappa shape index (κ3) is 3.62. The van der Waals surface area contributed by atoms with Crippen molar-refractivity contribution in [1.29, 1.82) is 0 Å². The normalized spacial score (nSPS) is 10.7. The molecule has 0 fully saturated rings. The maximum absolute atomic E-state index is 10.6. The number of nitrogens with zero attached hydrogens (tertiary/aromatic N) is 2. The van der Waals surface area contributed by atoms with Crippen molar-refractivity contribution in [3.63, 3.8) is 0 Å². The molecule has 0 bridgehead atoms. The van der Waals surface area contributed by atoms with Gasteiger partial charge in [0.05, 0.1) is 4.92 Å².